The molecule has 2 heterocycles. The third-order valence-corrected chi connectivity index (χ3v) is 4.61. The van der Waals surface area contributed by atoms with E-state index < -0.39 is 17.3 Å². The Labute approximate surface area is 137 Å². The maximum Gasteiger partial charge on any atom is 0.258 e. The molecule has 0 fully saturated rings. The number of amidine groups is 1. The minimum absolute atomic E-state index is 0.113. The van der Waals surface area contributed by atoms with Gasteiger partial charge < -0.3 is 15.5 Å². The normalized spacial score (nSPS) is 20.9. The van der Waals surface area contributed by atoms with Gasteiger partial charge in [-0.1, -0.05) is 17.8 Å². The topological polar surface area (TPSA) is 80.6 Å². The van der Waals surface area contributed by atoms with E-state index in [4.69, 9.17) is 10.2 Å². The lowest BCUT2D eigenvalue weighted by Gasteiger charge is -2.30. The predicted octanol–water partition coefficient (Wildman–Crippen LogP) is 3.34. The summed E-state index contributed by atoms with van der Waals surface area (Å²) in [4.78, 5) is 16.5. The predicted molar refractivity (Wildman–Crippen MR) is 89.1 cm³/mol. The molecule has 0 bridgehead atoms. The van der Waals surface area contributed by atoms with Gasteiger partial charge in [0.25, 0.3) is 5.91 Å². The first-order valence-corrected chi connectivity index (χ1v) is 8.08. The number of furan rings is 1. The fraction of sp³-hybridized carbons (Fsp3) is 0.250. The van der Waals surface area contributed by atoms with Crippen molar-refractivity contribution in [3.8, 4) is 0 Å². The molecule has 23 heavy (non-hydrogen) atoms. The Morgan fingerprint density at radius 3 is 3.00 bits per heavy atom. The zero-order valence-electron chi connectivity index (χ0n) is 12.5. The molecule has 2 aromatic rings. The molecule has 0 spiro atoms. The van der Waals surface area contributed by atoms with Crippen molar-refractivity contribution in [1.82, 2.24) is 0 Å². The second-order valence-corrected chi connectivity index (χ2v) is 6.60. The summed E-state index contributed by atoms with van der Waals surface area (Å²) >= 11 is 1.50. The number of thioether (sulfide) groups is 1. The fourth-order valence-corrected chi connectivity index (χ4v) is 3.41. The summed E-state index contributed by atoms with van der Waals surface area (Å²) < 4.78 is 18.9. The third-order valence-electron chi connectivity index (χ3n) is 3.82. The Bertz CT molecular complexity index is 761. The maximum absolute atomic E-state index is 14.0. The molecule has 0 saturated heterocycles. The number of anilines is 1. The number of nitrogens with zero attached hydrogens (tertiary/aromatic N) is 1. The van der Waals surface area contributed by atoms with Crippen molar-refractivity contribution >= 4 is 28.5 Å². The van der Waals surface area contributed by atoms with Crippen LogP contribution in [0.15, 0.2) is 46.2 Å². The Morgan fingerprint density at radius 1 is 1.48 bits per heavy atom. The zero-order valence-corrected chi connectivity index (χ0v) is 13.3. The minimum Gasteiger partial charge on any atom is -0.472 e. The van der Waals surface area contributed by atoms with Crippen LogP contribution in [0.3, 0.4) is 0 Å². The Morgan fingerprint density at radius 2 is 2.30 bits per heavy atom. The van der Waals surface area contributed by atoms with Crippen molar-refractivity contribution in [2.75, 3.05) is 11.1 Å². The van der Waals surface area contributed by atoms with Crippen molar-refractivity contribution in [2.24, 2.45) is 10.7 Å². The van der Waals surface area contributed by atoms with Gasteiger partial charge in [0.15, 0.2) is 5.17 Å². The molecule has 1 aromatic heterocycles. The Balaban J connectivity index is 1.90. The number of rotatable bonds is 3. The first-order chi connectivity index (χ1) is 11.0. The molecular formula is C16H16FN3O2S. The molecule has 1 amide bonds. The molecule has 1 aromatic carbocycles. The van der Waals surface area contributed by atoms with Crippen LogP contribution in [-0.2, 0) is 5.54 Å². The Hall–Kier alpha value is -2.28. The van der Waals surface area contributed by atoms with Gasteiger partial charge in [0.2, 0.25) is 0 Å². The largest absolute Gasteiger partial charge is 0.472 e. The van der Waals surface area contributed by atoms with Crippen molar-refractivity contribution in [3.05, 3.63) is 53.7 Å². The average Bonchev–Trinajstić information content (AvgIpc) is 3.03. The van der Waals surface area contributed by atoms with E-state index in [0.717, 1.165) is 17.7 Å². The number of nitrogens with two attached hydrogens (primary N) is 1. The van der Waals surface area contributed by atoms with E-state index in [-0.39, 0.29) is 5.69 Å². The quantitative estimate of drug-likeness (QED) is 0.903. The highest BCUT2D eigenvalue weighted by atomic mass is 32.2. The molecule has 3 N–H and O–H groups in total. The summed E-state index contributed by atoms with van der Waals surface area (Å²) in [5.74, 6) is -0.0848. The first kappa shape index (κ1) is 15.6. The number of amides is 1. The van der Waals surface area contributed by atoms with Crippen LogP contribution in [0.25, 0.3) is 0 Å². The molecule has 1 aliphatic heterocycles. The SMILES string of the molecule is CC1(c2ccc(F)c(NC(=O)c3ccoc3)c2)CCSC(N)=N1. The van der Waals surface area contributed by atoms with E-state index in [1.54, 1.807) is 12.1 Å². The van der Waals surface area contributed by atoms with Crippen molar-refractivity contribution in [3.63, 3.8) is 0 Å². The van der Waals surface area contributed by atoms with Gasteiger partial charge in [0.05, 0.1) is 23.1 Å². The van der Waals surface area contributed by atoms with Crippen molar-refractivity contribution in [1.29, 1.82) is 0 Å². The summed E-state index contributed by atoms with van der Waals surface area (Å²) in [6, 6.07) is 6.14. The Kier molecular flexibility index (Phi) is 4.12. The lowest BCUT2D eigenvalue weighted by atomic mass is 9.89. The summed E-state index contributed by atoms with van der Waals surface area (Å²) in [7, 11) is 0. The minimum atomic E-state index is -0.516. The van der Waals surface area contributed by atoms with Gasteiger partial charge >= 0.3 is 0 Å². The summed E-state index contributed by atoms with van der Waals surface area (Å²) in [6.07, 6.45) is 3.49. The number of nitrogens with one attached hydrogen (secondary N) is 1. The number of carbonyl (C=O) groups is 1. The highest BCUT2D eigenvalue weighted by molar-refractivity contribution is 8.13. The second-order valence-electron chi connectivity index (χ2n) is 5.48. The number of aliphatic imine (C=N–C) groups is 1. The summed E-state index contributed by atoms with van der Waals surface area (Å²) in [5.41, 5.74) is 6.56. The number of carbonyl (C=O) groups excluding carboxylic acids is 1. The summed E-state index contributed by atoms with van der Waals surface area (Å²) in [5, 5.41) is 3.08. The number of benzene rings is 1. The molecule has 7 heteroatoms. The second kappa shape index (κ2) is 6.08. The van der Waals surface area contributed by atoms with Gasteiger partial charge in [-0.25, -0.2) is 4.39 Å². The van der Waals surface area contributed by atoms with Crippen LogP contribution in [-0.4, -0.2) is 16.8 Å². The van der Waals surface area contributed by atoms with Crippen molar-refractivity contribution < 1.29 is 13.6 Å². The van der Waals surface area contributed by atoms with Crippen LogP contribution in [0.4, 0.5) is 10.1 Å². The van der Waals surface area contributed by atoms with Gasteiger partial charge in [-0.05, 0) is 37.1 Å². The van der Waals surface area contributed by atoms with Gasteiger partial charge in [0, 0.05) is 5.75 Å². The van der Waals surface area contributed by atoms with E-state index in [2.05, 4.69) is 10.3 Å². The van der Waals surface area contributed by atoms with Crippen LogP contribution in [0, 0.1) is 5.82 Å². The number of hydrogen-bond donors (Lipinski definition) is 2. The average molecular weight is 333 g/mol. The van der Waals surface area contributed by atoms with Gasteiger partial charge in [-0.3, -0.25) is 9.79 Å². The molecule has 0 saturated carbocycles. The van der Waals surface area contributed by atoms with Crippen LogP contribution in [0.2, 0.25) is 0 Å². The van der Waals surface area contributed by atoms with Crippen LogP contribution >= 0.6 is 11.8 Å². The van der Waals surface area contributed by atoms with Crippen molar-refractivity contribution in [2.45, 2.75) is 18.9 Å². The maximum atomic E-state index is 14.0. The van der Waals surface area contributed by atoms with Gasteiger partial charge in [-0.15, -0.1) is 0 Å². The van der Waals surface area contributed by atoms with E-state index in [1.165, 1.54) is 36.4 Å². The monoisotopic (exact) mass is 333 g/mol. The van der Waals surface area contributed by atoms with Crippen LogP contribution < -0.4 is 11.1 Å². The van der Waals surface area contributed by atoms with E-state index in [1.807, 2.05) is 6.92 Å². The molecule has 0 radical (unpaired) electrons. The highest BCUT2D eigenvalue weighted by Gasteiger charge is 2.30. The lowest BCUT2D eigenvalue weighted by Crippen LogP contribution is -2.29. The third kappa shape index (κ3) is 3.24. The molecule has 1 aliphatic rings. The molecule has 120 valence electrons. The molecular weight excluding hydrogens is 317 g/mol. The van der Waals surface area contributed by atoms with Gasteiger partial charge in [0.1, 0.15) is 12.1 Å². The number of halogens is 1. The van der Waals surface area contributed by atoms with Crippen LogP contribution in [0.5, 0.6) is 0 Å². The molecule has 0 aliphatic carbocycles. The molecule has 1 unspecified atom stereocenters. The smallest absolute Gasteiger partial charge is 0.258 e. The summed E-state index contributed by atoms with van der Waals surface area (Å²) in [6.45, 7) is 1.95. The fourth-order valence-electron chi connectivity index (χ4n) is 2.44. The van der Waals surface area contributed by atoms with Gasteiger partial charge in [-0.2, -0.15) is 0 Å². The van der Waals surface area contributed by atoms with Crippen LogP contribution in [0.1, 0.15) is 29.3 Å². The van der Waals surface area contributed by atoms with E-state index in [0.29, 0.717) is 10.7 Å². The standard InChI is InChI=1S/C16H16FN3O2S/c1-16(5-7-23-15(18)20-16)11-2-3-12(17)13(8-11)19-14(21)10-4-6-22-9-10/h2-4,6,8-9H,5,7H2,1H3,(H2,18,20)(H,19,21). The molecule has 1 atom stereocenters. The molecule has 5 nitrogen and oxygen atoms in total. The zero-order chi connectivity index (χ0) is 16.4. The van der Waals surface area contributed by atoms with E-state index >= 15 is 0 Å². The van der Waals surface area contributed by atoms with E-state index in [9.17, 15) is 9.18 Å². The lowest BCUT2D eigenvalue weighted by molar-refractivity contribution is 0.102. The molecule has 3 rings (SSSR count). The first-order valence-electron chi connectivity index (χ1n) is 7.10. The number of hydrogen-bond acceptors (Lipinski definition) is 5. The highest BCUT2D eigenvalue weighted by Crippen LogP contribution is 2.36.